The van der Waals surface area contributed by atoms with Gasteiger partial charge in [0.2, 0.25) is 0 Å². The fourth-order valence-corrected chi connectivity index (χ4v) is 2.48. The Morgan fingerprint density at radius 2 is 1.31 bits per heavy atom. The van der Waals surface area contributed by atoms with Crippen LogP contribution in [0, 0.1) is 0 Å². The standard InChI is InChI=1S/C19H17N5O2/c1-3-7-16(8-4-1)14-25-23-18(11-12-21-23)19-13-20-22-24(19)26-15-17-9-5-2-6-10-17/h1-13H,14-15H2. The maximum atomic E-state index is 5.79. The second kappa shape index (κ2) is 7.52. The van der Waals surface area contributed by atoms with E-state index in [4.69, 9.17) is 9.68 Å². The van der Waals surface area contributed by atoms with Crippen molar-refractivity contribution in [3.05, 3.63) is 90.3 Å². The number of benzene rings is 2. The van der Waals surface area contributed by atoms with Crippen LogP contribution in [0.4, 0.5) is 0 Å². The van der Waals surface area contributed by atoms with Gasteiger partial charge in [-0.25, -0.2) is 0 Å². The highest BCUT2D eigenvalue weighted by Gasteiger charge is 2.14. The molecule has 2 aromatic heterocycles. The van der Waals surface area contributed by atoms with Crippen LogP contribution in [-0.4, -0.2) is 25.1 Å². The molecule has 130 valence electrons. The van der Waals surface area contributed by atoms with Crippen molar-refractivity contribution in [2.45, 2.75) is 13.2 Å². The molecule has 7 heteroatoms. The molecule has 2 aromatic carbocycles. The summed E-state index contributed by atoms with van der Waals surface area (Å²) in [7, 11) is 0. The van der Waals surface area contributed by atoms with E-state index in [-0.39, 0.29) is 0 Å². The van der Waals surface area contributed by atoms with Crippen molar-refractivity contribution in [1.82, 2.24) is 25.1 Å². The third kappa shape index (κ3) is 3.56. The molecule has 0 aliphatic carbocycles. The average Bonchev–Trinajstić information content (AvgIpc) is 3.35. The Morgan fingerprint density at radius 3 is 1.96 bits per heavy atom. The molecule has 0 fully saturated rings. The smallest absolute Gasteiger partial charge is 0.152 e. The Labute approximate surface area is 150 Å². The van der Waals surface area contributed by atoms with Gasteiger partial charge in [0.1, 0.15) is 18.9 Å². The predicted octanol–water partition coefficient (Wildman–Crippen LogP) is 2.40. The van der Waals surface area contributed by atoms with E-state index in [1.165, 1.54) is 9.69 Å². The maximum absolute atomic E-state index is 5.79. The van der Waals surface area contributed by atoms with Crippen molar-refractivity contribution in [2.75, 3.05) is 0 Å². The van der Waals surface area contributed by atoms with Crippen molar-refractivity contribution in [2.24, 2.45) is 0 Å². The van der Waals surface area contributed by atoms with Crippen LogP contribution in [0.3, 0.4) is 0 Å². The second-order valence-electron chi connectivity index (χ2n) is 5.60. The lowest BCUT2D eigenvalue weighted by Crippen LogP contribution is -2.18. The number of hydrogen-bond acceptors (Lipinski definition) is 5. The van der Waals surface area contributed by atoms with Crippen LogP contribution < -0.4 is 9.68 Å². The van der Waals surface area contributed by atoms with Gasteiger partial charge >= 0.3 is 0 Å². The van der Waals surface area contributed by atoms with Crippen LogP contribution in [0.2, 0.25) is 0 Å². The first kappa shape index (κ1) is 15.9. The van der Waals surface area contributed by atoms with E-state index in [1.54, 1.807) is 12.4 Å². The van der Waals surface area contributed by atoms with Gasteiger partial charge in [-0.2, -0.15) is 0 Å². The lowest BCUT2D eigenvalue weighted by Gasteiger charge is -2.11. The second-order valence-corrected chi connectivity index (χ2v) is 5.60. The molecule has 0 saturated carbocycles. The molecule has 2 heterocycles. The van der Waals surface area contributed by atoms with Crippen molar-refractivity contribution in [3.8, 4) is 11.4 Å². The minimum Gasteiger partial charge on any atom is -0.391 e. The first-order valence-corrected chi connectivity index (χ1v) is 8.20. The molecule has 0 spiro atoms. The summed E-state index contributed by atoms with van der Waals surface area (Å²) >= 11 is 0. The van der Waals surface area contributed by atoms with E-state index in [9.17, 15) is 0 Å². The lowest BCUT2D eigenvalue weighted by atomic mass is 10.2. The highest BCUT2D eigenvalue weighted by molar-refractivity contribution is 5.52. The fourth-order valence-electron chi connectivity index (χ4n) is 2.48. The van der Waals surface area contributed by atoms with Crippen LogP contribution in [0.5, 0.6) is 0 Å². The third-order valence-electron chi connectivity index (χ3n) is 3.78. The van der Waals surface area contributed by atoms with Gasteiger partial charge in [0.25, 0.3) is 0 Å². The van der Waals surface area contributed by atoms with Crippen LogP contribution in [0.15, 0.2) is 79.1 Å². The van der Waals surface area contributed by atoms with Crippen molar-refractivity contribution >= 4 is 0 Å². The van der Waals surface area contributed by atoms with Crippen molar-refractivity contribution in [1.29, 1.82) is 0 Å². The van der Waals surface area contributed by atoms with E-state index >= 15 is 0 Å². The summed E-state index contributed by atoms with van der Waals surface area (Å²) in [5.41, 5.74) is 3.47. The SMILES string of the molecule is c1ccc(COn2nccc2-c2cnnn2OCc2ccccc2)cc1. The predicted molar refractivity (Wildman–Crippen MR) is 94.7 cm³/mol. The third-order valence-corrected chi connectivity index (χ3v) is 3.78. The number of aromatic nitrogens is 5. The summed E-state index contributed by atoms with van der Waals surface area (Å²) in [6.45, 7) is 0.790. The molecule has 26 heavy (non-hydrogen) atoms. The maximum Gasteiger partial charge on any atom is 0.152 e. The van der Waals surface area contributed by atoms with E-state index in [2.05, 4.69) is 15.4 Å². The summed E-state index contributed by atoms with van der Waals surface area (Å²) in [6, 6.07) is 21.6. The molecule has 0 radical (unpaired) electrons. The van der Waals surface area contributed by atoms with Crippen LogP contribution in [0.1, 0.15) is 11.1 Å². The Balaban J connectivity index is 1.48. The topological polar surface area (TPSA) is 67.0 Å². The fraction of sp³-hybridized carbons (Fsp3) is 0.105. The van der Waals surface area contributed by atoms with Gasteiger partial charge in [-0.15, -0.1) is 10.2 Å². The number of hydrogen-bond donors (Lipinski definition) is 0. The van der Waals surface area contributed by atoms with E-state index in [0.29, 0.717) is 24.6 Å². The highest BCUT2D eigenvalue weighted by Crippen LogP contribution is 2.16. The molecule has 0 N–H and O–H groups in total. The summed E-state index contributed by atoms with van der Waals surface area (Å²) in [4.78, 5) is 14.4. The molecule has 0 aliphatic heterocycles. The Bertz CT molecular complexity index is 871. The largest absolute Gasteiger partial charge is 0.391 e. The van der Waals surface area contributed by atoms with Crippen LogP contribution in [0.25, 0.3) is 11.4 Å². The van der Waals surface area contributed by atoms with Gasteiger partial charge in [0.15, 0.2) is 5.69 Å². The molecule has 4 aromatic rings. The summed E-state index contributed by atoms with van der Waals surface area (Å²) in [5, 5.41) is 12.2. The molecule has 7 nitrogen and oxygen atoms in total. The molecular formula is C19H17N5O2. The van der Waals surface area contributed by atoms with Crippen LogP contribution >= 0.6 is 0 Å². The molecular weight excluding hydrogens is 330 g/mol. The molecule has 0 unspecified atom stereocenters. The normalized spacial score (nSPS) is 10.6. The zero-order valence-corrected chi connectivity index (χ0v) is 14.0. The quantitative estimate of drug-likeness (QED) is 0.514. The van der Waals surface area contributed by atoms with Crippen molar-refractivity contribution in [3.63, 3.8) is 0 Å². The number of rotatable bonds is 7. The minimum atomic E-state index is 0.385. The van der Waals surface area contributed by atoms with Gasteiger partial charge in [0, 0.05) is 0 Å². The highest BCUT2D eigenvalue weighted by atomic mass is 16.7. The summed E-state index contributed by atoms with van der Waals surface area (Å²) in [6.07, 6.45) is 3.28. The van der Waals surface area contributed by atoms with E-state index in [1.807, 2.05) is 66.7 Å². The monoisotopic (exact) mass is 347 g/mol. The first-order chi connectivity index (χ1) is 12.9. The molecule has 0 aliphatic rings. The Hall–Kier alpha value is -3.61. The van der Waals surface area contributed by atoms with Gasteiger partial charge in [-0.05, 0) is 22.4 Å². The molecule has 0 atom stereocenters. The van der Waals surface area contributed by atoms with Gasteiger partial charge in [-0.1, -0.05) is 70.4 Å². The molecule has 0 saturated heterocycles. The molecule has 0 amide bonds. The van der Waals surface area contributed by atoms with Gasteiger partial charge in [-0.3, -0.25) is 0 Å². The zero-order chi connectivity index (χ0) is 17.6. The molecule has 0 bridgehead atoms. The van der Waals surface area contributed by atoms with Crippen LogP contribution in [-0.2, 0) is 13.2 Å². The van der Waals surface area contributed by atoms with Gasteiger partial charge < -0.3 is 9.68 Å². The molecule has 4 rings (SSSR count). The Morgan fingerprint density at radius 1 is 0.692 bits per heavy atom. The lowest BCUT2D eigenvalue weighted by molar-refractivity contribution is 0.0600. The first-order valence-electron chi connectivity index (χ1n) is 8.20. The van der Waals surface area contributed by atoms with E-state index in [0.717, 1.165) is 11.1 Å². The summed E-state index contributed by atoms with van der Waals surface area (Å²) in [5.74, 6) is 0. The van der Waals surface area contributed by atoms with E-state index < -0.39 is 0 Å². The summed E-state index contributed by atoms with van der Waals surface area (Å²) < 4.78 is 0. The van der Waals surface area contributed by atoms with Gasteiger partial charge in [0.05, 0.1) is 12.4 Å². The minimum absolute atomic E-state index is 0.385. The average molecular weight is 347 g/mol. The number of nitrogens with zero attached hydrogens (tertiary/aromatic N) is 5. The Kier molecular flexibility index (Phi) is 4.60. The van der Waals surface area contributed by atoms with Crippen molar-refractivity contribution < 1.29 is 9.68 Å². The zero-order valence-electron chi connectivity index (χ0n) is 14.0.